The van der Waals surface area contributed by atoms with Crippen LogP contribution in [0.15, 0.2) is 0 Å². The molecule has 0 aliphatic heterocycles. The Kier molecular flexibility index (Phi) is 3.84. The summed E-state index contributed by atoms with van der Waals surface area (Å²) in [5.74, 6) is 0. The van der Waals surface area contributed by atoms with Crippen LogP contribution in [-0.4, -0.2) is 30.1 Å². The summed E-state index contributed by atoms with van der Waals surface area (Å²) >= 11 is 0. The van der Waals surface area contributed by atoms with E-state index in [1.54, 1.807) is 0 Å². The van der Waals surface area contributed by atoms with Gasteiger partial charge in [-0.15, -0.1) is 0 Å². The number of rotatable bonds is 3. The second kappa shape index (κ2) is 4.89. The number of nitrogens with zero attached hydrogens (tertiary/aromatic N) is 1. The summed E-state index contributed by atoms with van der Waals surface area (Å²) in [7, 11) is 2.27. The predicted molar refractivity (Wildman–Crippen MR) is 74.1 cm³/mol. The first-order valence-corrected chi connectivity index (χ1v) is 7.47. The molecule has 1 spiro atoms. The molecule has 0 heterocycles. The molecule has 2 nitrogen and oxygen atoms in total. The van der Waals surface area contributed by atoms with Crippen molar-refractivity contribution in [2.24, 2.45) is 11.1 Å². The summed E-state index contributed by atoms with van der Waals surface area (Å²) in [4.78, 5) is 2.54. The average molecular weight is 238 g/mol. The van der Waals surface area contributed by atoms with Crippen molar-refractivity contribution >= 4 is 0 Å². The molecule has 2 saturated carbocycles. The molecule has 2 aliphatic rings. The van der Waals surface area contributed by atoms with E-state index in [1.165, 1.54) is 51.4 Å². The van der Waals surface area contributed by atoms with Gasteiger partial charge in [-0.3, -0.25) is 4.90 Å². The number of likely N-dealkylation sites (N-methyl/N-ethyl adjacent to an activating group) is 1. The first-order chi connectivity index (χ1) is 8.04. The molecule has 2 heteroatoms. The molecule has 100 valence electrons. The van der Waals surface area contributed by atoms with Crippen LogP contribution in [0.3, 0.4) is 0 Å². The standard InChI is InChI=1S/C15H30N2/c1-13(2)17(3)15(12-16)10-8-14(9-11-15)6-4-5-7-14/h13H,4-12,16H2,1-3H3. The number of hydrogen-bond donors (Lipinski definition) is 1. The predicted octanol–water partition coefficient (Wildman–Crippen LogP) is 3.16. The molecule has 0 bridgehead atoms. The van der Waals surface area contributed by atoms with E-state index in [0.717, 1.165) is 12.0 Å². The van der Waals surface area contributed by atoms with E-state index in [0.29, 0.717) is 11.6 Å². The van der Waals surface area contributed by atoms with Crippen LogP contribution in [0.4, 0.5) is 0 Å². The third-order valence-electron chi connectivity index (χ3n) is 5.81. The van der Waals surface area contributed by atoms with Crippen LogP contribution in [0.2, 0.25) is 0 Å². The molecule has 0 atom stereocenters. The Morgan fingerprint density at radius 3 is 1.94 bits per heavy atom. The fourth-order valence-electron chi connectivity index (χ4n) is 4.12. The Labute approximate surface area is 107 Å². The lowest BCUT2D eigenvalue weighted by atomic mass is 9.65. The van der Waals surface area contributed by atoms with Gasteiger partial charge in [0.05, 0.1) is 0 Å². The van der Waals surface area contributed by atoms with Crippen molar-refractivity contribution < 1.29 is 0 Å². The summed E-state index contributed by atoms with van der Waals surface area (Å²) < 4.78 is 0. The maximum atomic E-state index is 6.12. The fraction of sp³-hybridized carbons (Fsp3) is 1.00. The molecule has 2 rings (SSSR count). The molecule has 17 heavy (non-hydrogen) atoms. The van der Waals surface area contributed by atoms with Crippen molar-refractivity contribution in [2.45, 2.75) is 76.8 Å². The van der Waals surface area contributed by atoms with E-state index < -0.39 is 0 Å². The van der Waals surface area contributed by atoms with Gasteiger partial charge >= 0.3 is 0 Å². The van der Waals surface area contributed by atoms with Crippen molar-refractivity contribution in [3.05, 3.63) is 0 Å². The quantitative estimate of drug-likeness (QED) is 0.818. The first-order valence-electron chi connectivity index (χ1n) is 7.47. The summed E-state index contributed by atoms with van der Waals surface area (Å²) in [6, 6.07) is 0.608. The van der Waals surface area contributed by atoms with Crippen LogP contribution < -0.4 is 5.73 Å². The zero-order valence-corrected chi connectivity index (χ0v) is 12.0. The fourth-order valence-corrected chi connectivity index (χ4v) is 4.12. The molecule has 0 aromatic rings. The van der Waals surface area contributed by atoms with Gasteiger partial charge in [0, 0.05) is 18.1 Å². The number of nitrogens with two attached hydrogens (primary N) is 1. The average Bonchev–Trinajstić information content (AvgIpc) is 2.78. The highest BCUT2D eigenvalue weighted by Gasteiger charge is 2.45. The zero-order valence-electron chi connectivity index (χ0n) is 12.0. The van der Waals surface area contributed by atoms with Crippen LogP contribution >= 0.6 is 0 Å². The Morgan fingerprint density at radius 2 is 1.53 bits per heavy atom. The maximum absolute atomic E-state index is 6.12. The largest absolute Gasteiger partial charge is 0.329 e. The van der Waals surface area contributed by atoms with E-state index in [-0.39, 0.29) is 0 Å². The van der Waals surface area contributed by atoms with Gasteiger partial charge in [-0.25, -0.2) is 0 Å². The summed E-state index contributed by atoms with van der Waals surface area (Å²) in [5.41, 5.74) is 7.13. The lowest BCUT2D eigenvalue weighted by Gasteiger charge is -2.50. The van der Waals surface area contributed by atoms with Crippen LogP contribution in [0, 0.1) is 5.41 Å². The smallest absolute Gasteiger partial charge is 0.0331 e. The summed E-state index contributed by atoms with van der Waals surface area (Å²) in [5, 5.41) is 0. The minimum atomic E-state index is 0.294. The first kappa shape index (κ1) is 13.4. The molecule has 0 saturated heterocycles. The lowest BCUT2D eigenvalue weighted by Crippen LogP contribution is -2.57. The maximum Gasteiger partial charge on any atom is 0.0331 e. The summed E-state index contributed by atoms with van der Waals surface area (Å²) in [6.45, 7) is 5.41. The lowest BCUT2D eigenvalue weighted by molar-refractivity contribution is 0.0129. The molecule has 0 amide bonds. The van der Waals surface area contributed by atoms with Gasteiger partial charge in [0.1, 0.15) is 0 Å². The minimum Gasteiger partial charge on any atom is -0.329 e. The van der Waals surface area contributed by atoms with Gasteiger partial charge in [-0.2, -0.15) is 0 Å². The topological polar surface area (TPSA) is 29.3 Å². The van der Waals surface area contributed by atoms with Crippen molar-refractivity contribution in [2.75, 3.05) is 13.6 Å². The third-order valence-corrected chi connectivity index (χ3v) is 5.81. The summed E-state index contributed by atoms with van der Waals surface area (Å²) in [6.07, 6.45) is 11.4. The van der Waals surface area contributed by atoms with Crippen LogP contribution in [-0.2, 0) is 0 Å². The van der Waals surface area contributed by atoms with Crippen LogP contribution in [0.5, 0.6) is 0 Å². The molecule has 0 radical (unpaired) electrons. The zero-order chi connectivity index (χ0) is 12.5. The normalized spacial score (nSPS) is 27.2. The SMILES string of the molecule is CC(C)N(C)C1(CN)CCC2(CCCC2)CC1. The molecule has 2 N–H and O–H groups in total. The number of hydrogen-bond acceptors (Lipinski definition) is 2. The van der Waals surface area contributed by atoms with E-state index in [4.69, 9.17) is 5.73 Å². The van der Waals surface area contributed by atoms with E-state index in [2.05, 4.69) is 25.8 Å². The highest BCUT2D eigenvalue weighted by molar-refractivity contribution is 5.01. The van der Waals surface area contributed by atoms with E-state index in [9.17, 15) is 0 Å². The highest BCUT2D eigenvalue weighted by Crippen LogP contribution is 2.52. The minimum absolute atomic E-state index is 0.294. The van der Waals surface area contributed by atoms with Gasteiger partial charge in [0.25, 0.3) is 0 Å². The Morgan fingerprint density at radius 1 is 1.00 bits per heavy atom. The van der Waals surface area contributed by atoms with Gasteiger partial charge < -0.3 is 5.73 Å². The molecule has 2 fully saturated rings. The molecule has 0 aromatic heterocycles. The van der Waals surface area contributed by atoms with Gasteiger partial charge in [-0.1, -0.05) is 12.8 Å². The second-order valence-corrected chi connectivity index (χ2v) is 6.84. The molecule has 0 unspecified atom stereocenters. The third kappa shape index (κ3) is 2.39. The second-order valence-electron chi connectivity index (χ2n) is 6.84. The Bertz CT molecular complexity index is 244. The van der Waals surface area contributed by atoms with Gasteiger partial charge in [0.2, 0.25) is 0 Å². The highest BCUT2D eigenvalue weighted by atomic mass is 15.2. The monoisotopic (exact) mass is 238 g/mol. The van der Waals surface area contributed by atoms with Crippen molar-refractivity contribution in [1.82, 2.24) is 4.90 Å². The van der Waals surface area contributed by atoms with Gasteiger partial charge in [0.15, 0.2) is 0 Å². The molecular formula is C15H30N2. The van der Waals surface area contributed by atoms with E-state index in [1.807, 2.05) is 0 Å². The molecular weight excluding hydrogens is 208 g/mol. The molecule has 0 aromatic carbocycles. The van der Waals surface area contributed by atoms with Crippen molar-refractivity contribution in [1.29, 1.82) is 0 Å². The Hall–Kier alpha value is -0.0800. The van der Waals surface area contributed by atoms with E-state index >= 15 is 0 Å². The van der Waals surface area contributed by atoms with Crippen LogP contribution in [0.1, 0.15) is 65.2 Å². The van der Waals surface area contributed by atoms with Crippen molar-refractivity contribution in [3.63, 3.8) is 0 Å². The Balaban J connectivity index is 2.03. The van der Waals surface area contributed by atoms with Crippen molar-refractivity contribution in [3.8, 4) is 0 Å². The van der Waals surface area contributed by atoms with Crippen LogP contribution in [0.25, 0.3) is 0 Å². The van der Waals surface area contributed by atoms with Gasteiger partial charge in [-0.05, 0) is 64.8 Å². The molecule has 2 aliphatic carbocycles.